The van der Waals surface area contributed by atoms with Gasteiger partial charge in [-0.3, -0.25) is 4.79 Å². The lowest BCUT2D eigenvalue weighted by Crippen LogP contribution is -2.31. The fraction of sp³-hybridized carbons (Fsp3) is 0.286. The Morgan fingerprint density at radius 2 is 1.92 bits per heavy atom. The third kappa shape index (κ3) is 3.99. The number of likely N-dealkylation sites (N-methyl/N-ethyl adjacent to an activating group) is 1. The van der Waals surface area contributed by atoms with Gasteiger partial charge in [-0.2, -0.15) is 4.98 Å². The van der Waals surface area contributed by atoms with Gasteiger partial charge in [0.1, 0.15) is 0 Å². The first-order valence-corrected chi connectivity index (χ1v) is 8.78. The molecule has 0 radical (unpaired) electrons. The third-order valence-electron chi connectivity index (χ3n) is 4.40. The minimum atomic E-state index is -0.166. The second kappa shape index (κ2) is 7.95. The standard InChI is InChI=1S/C21H23N3O2/c1-4-18(16-10-6-5-7-11-16)21(25)24(3)14-19-22-20(23-26-19)17-12-8-9-15(2)13-17/h5-13,18H,4,14H2,1-3H3/t18-/m0/s1. The van der Waals surface area contributed by atoms with Crippen LogP contribution in [0.4, 0.5) is 0 Å². The zero-order chi connectivity index (χ0) is 18.5. The molecule has 1 atom stereocenters. The SMILES string of the molecule is CC[C@H](C(=O)N(C)Cc1nc(-c2cccc(C)c2)no1)c1ccccc1. The average Bonchev–Trinajstić information content (AvgIpc) is 3.11. The van der Waals surface area contributed by atoms with E-state index in [1.807, 2.05) is 68.4 Å². The third-order valence-corrected chi connectivity index (χ3v) is 4.40. The van der Waals surface area contributed by atoms with Gasteiger partial charge in [0.25, 0.3) is 0 Å². The van der Waals surface area contributed by atoms with E-state index in [1.54, 1.807) is 11.9 Å². The maximum atomic E-state index is 12.8. The minimum Gasteiger partial charge on any atom is -0.337 e. The Morgan fingerprint density at radius 3 is 2.62 bits per heavy atom. The molecule has 0 aliphatic carbocycles. The highest BCUT2D eigenvalue weighted by Gasteiger charge is 2.23. The number of nitrogens with zero attached hydrogens (tertiary/aromatic N) is 3. The van der Waals surface area contributed by atoms with Gasteiger partial charge in [-0.15, -0.1) is 0 Å². The number of aryl methyl sites for hydroxylation is 1. The largest absolute Gasteiger partial charge is 0.337 e. The van der Waals surface area contributed by atoms with Crippen molar-refractivity contribution in [3.05, 3.63) is 71.6 Å². The summed E-state index contributed by atoms with van der Waals surface area (Å²) < 4.78 is 5.34. The smallest absolute Gasteiger partial charge is 0.246 e. The summed E-state index contributed by atoms with van der Waals surface area (Å²) in [7, 11) is 1.77. The molecule has 0 unspecified atom stereocenters. The Kier molecular flexibility index (Phi) is 5.46. The molecule has 0 aliphatic heterocycles. The van der Waals surface area contributed by atoms with Crippen molar-refractivity contribution < 1.29 is 9.32 Å². The fourth-order valence-corrected chi connectivity index (χ4v) is 3.01. The molecule has 5 nitrogen and oxygen atoms in total. The molecule has 0 bridgehead atoms. The summed E-state index contributed by atoms with van der Waals surface area (Å²) >= 11 is 0. The zero-order valence-corrected chi connectivity index (χ0v) is 15.3. The molecule has 134 valence electrons. The first-order chi connectivity index (χ1) is 12.6. The molecule has 3 aromatic rings. The summed E-state index contributed by atoms with van der Waals surface area (Å²) in [6.07, 6.45) is 0.742. The molecule has 5 heteroatoms. The Balaban J connectivity index is 1.71. The highest BCUT2D eigenvalue weighted by atomic mass is 16.5. The van der Waals surface area contributed by atoms with Crippen molar-refractivity contribution in [3.63, 3.8) is 0 Å². The molecule has 2 aromatic carbocycles. The summed E-state index contributed by atoms with van der Waals surface area (Å²) in [6, 6.07) is 17.8. The average molecular weight is 349 g/mol. The number of hydrogen-bond acceptors (Lipinski definition) is 4. The van der Waals surface area contributed by atoms with Crippen LogP contribution in [0.25, 0.3) is 11.4 Å². The molecular weight excluding hydrogens is 326 g/mol. The van der Waals surface area contributed by atoms with Gasteiger partial charge in [0.05, 0.1) is 12.5 Å². The molecular formula is C21H23N3O2. The van der Waals surface area contributed by atoms with Gasteiger partial charge < -0.3 is 9.42 Å². The van der Waals surface area contributed by atoms with Crippen molar-refractivity contribution in [1.29, 1.82) is 0 Å². The van der Waals surface area contributed by atoms with Crippen molar-refractivity contribution in [2.24, 2.45) is 0 Å². The Morgan fingerprint density at radius 1 is 1.15 bits per heavy atom. The summed E-state index contributed by atoms with van der Waals surface area (Å²) in [5, 5.41) is 4.04. The molecule has 0 saturated carbocycles. The normalized spacial score (nSPS) is 12.0. The van der Waals surface area contributed by atoms with E-state index >= 15 is 0 Å². The van der Waals surface area contributed by atoms with Crippen LogP contribution in [0.1, 0.15) is 36.3 Å². The van der Waals surface area contributed by atoms with Crippen LogP contribution in [0.5, 0.6) is 0 Å². The van der Waals surface area contributed by atoms with Crippen molar-refractivity contribution in [1.82, 2.24) is 15.0 Å². The van der Waals surface area contributed by atoms with Crippen molar-refractivity contribution in [2.45, 2.75) is 32.7 Å². The van der Waals surface area contributed by atoms with E-state index in [2.05, 4.69) is 10.1 Å². The van der Waals surface area contributed by atoms with E-state index in [-0.39, 0.29) is 11.8 Å². The molecule has 0 saturated heterocycles. The van der Waals surface area contributed by atoms with Crippen LogP contribution in [0, 0.1) is 6.92 Å². The lowest BCUT2D eigenvalue weighted by Gasteiger charge is -2.22. The molecule has 26 heavy (non-hydrogen) atoms. The predicted octanol–water partition coefficient (Wildman–Crippen LogP) is 4.20. The van der Waals surface area contributed by atoms with E-state index < -0.39 is 0 Å². The second-order valence-corrected chi connectivity index (χ2v) is 6.45. The van der Waals surface area contributed by atoms with E-state index in [0.29, 0.717) is 18.3 Å². The highest BCUT2D eigenvalue weighted by molar-refractivity contribution is 5.83. The highest BCUT2D eigenvalue weighted by Crippen LogP contribution is 2.23. The molecule has 1 aromatic heterocycles. The fourth-order valence-electron chi connectivity index (χ4n) is 3.01. The van der Waals surface area contributed by atoms with Gasteiger partial charge in [0.15, 0.2) is 0 Å². The summed E-state index contributed by atoms with van der Waals surface area (Å²) in [6.45, 7) is 4.33. The molecule has 1 amide bonds. The number of amides is 1. The number of rotatable bonds is 6. The van der Waals surface area contributed by atoms with Gasteiger partial charge in [-0.1, -0.05) is 66.2 Å². The van der Waals surface area contributed by atoms with E-state index in [0.717, 1.165) is 23.1 Å². The van der Waals surface area contributed by atoms with E-state index in [4.69, 9.17) is 4.52 Å². The van der Waals surface area contributed by atoms with Gasteiger partial charge in [0.2, 0.25) is 17.6 Å². The number of carbonyl (C=O) groups excluding carboxylic acids is 1. The van der Waals surface area contributed by atoms with Crippen LogP contribution < -0.4 is 0 Å². The second-order valence-electron chi connectivity index (χ2n) is 6.45. The first-order valence-electron chi connectivity index (χ1n) is 8.78. The quantitative estimate of drug-likeness (QED) is 0.669. The van der Waals surface area contributed by atoms with Crippen LogP contribution >= 0.6 is 0 Å². The van der Waals surface area contributed by atoms with Gasteiger partial charge in [-0.05, 0) is 25.0 Å². The lowest BCUT2D eigenvalue weighted by atomic mass is 9.95. The van der Waals surface area contributed by atoms with Gasteiger partial charge in [-0.25, -0.2) is 0 Å². The Labute approximate surface area is 153 Å². The van der Waals surface area contributed by atoms with Gasteiger partial charge >= 0.3 is 0 Å². The number of aromatic nitrogens is 2. The number of benzene rings is 2. The molecule has 0 N–H and O–H groups in total. The Hall–Kier alpha value is -2.95. The predicted molar refractivity (Wildman–Crippen MR) is 100 cm³/mol. The molecule has 3 rings (SSSR count). The van der Waals surface area contributed by atoms with E-state index in [1.165, 1.54) is 0 Å². The summed E-state index contributed by atoms with van der Waals surface area (Å²) in [5.74, 6) is 0.856. The molecule has 0 fully saturated rings. The molecule has 0 aliphatic rings. The maximum absolute atomic E-state index is 12.8. The first kappa shape index (κ1) is 17.9. The van der Waals surface area contributed by atoms with Crippen LogP contribution in [-0.4, -0.2) is 28.0 Å². The molecule has 1 heterocycles. The van der Waals surface area contributed by atoms with Crippen LogP contribution in [0.15, 0.2) is 59.1 Å². The van der Waals surface area contributed by atoms with Gasteiger partial charge in [0, 0.05) is 12.6 Å². The number of carbonyl (C=O) groups is 1. The topological polar surface area (TPSA) is 59.2 Å². The van der Waals surface area contributed by atoms with E-state index in [9.17, 15) is 4.79 Å². The maximum Gasteiger partial charge on any atom is 0.246 e. The lowest BCUT2D eigenvalue weighted by molar-refractivity contribution is -0.132. The van der Waals surface area contributed by atoms with Crippen LogP contribution in [0.2, 0.25) is 0 Å². The number of hydrogen-bond donors (Lipinski definition) is 0. The minimum absolute atomic E-state index is 0.0500. The Bertz CT molecular complexity index is 874. The summed E-state index contributed by atoms with van der Waals surface area (Å²) in [5.41, 5.74) is 3.07. The molecule has 0 spiro atoms. The van der Waals surface area contributed by atoms with Crippen molar-refractivity contribution in [3.8, 4) is 11.4 Å². The van der Waals surface area contributed by atoms with Crippen LogP contribution in [0.3, 0.4) is 0 Å². The van der Waals surface area contributed by atoms with Crippen molar-refractivity contribution in [2.75, 3.05) is 7.05 Å². The monoisotopic (exact) mass is 349 g/mol. The van der Waals surface area contributed by atoms with Crippen molar-refractivity contribution >= 4 is 5.91 Å². The van der Waals surface area contributed by atoms with Crippen LogP contribution in [-0.2, 0) is 11.3 Å². The zero-order valence-electron chi connectivity index (χ0n) is 15.3. The summed E-state index contributed by atoms with van der Waals surface area (Å²) in [4.78, 5) is 18.9.